The highest BCUT2D eigenvalue weighted by Gasteiger charge is 2.33. The molecule has 1 atom stereocenters. The molecule has 2 aromatic carbocycles. The monoisotopic (exact) mass is 308 g/mol. The van der Waals surface area contributed by atoms with Gasteiger partial charge < -0.3 is 5.73 Å². The summed E-state index contributed by atoms with van der Waals surface area (Å²) in [6, 6.07) is 11.5. The zero-order valence-electron chi connectivity index (χ0n) is 10.7. The lowest BCUT2D eigenvalue weighted by molar-refractivity contribution is 0.593. The molecule has 1 heterocycles. The van der Waals surface area contributed by atoms with Crippen molar-refractivity contribution in [1.82, 2.24) is 0 Å². The average Bonchev–Trinajstić information content (AvgIpc) is 2.50. The van der Waals surface area contributed by atoms with Crippen molar-refractivity contribution >= 4 is 27.3 Å². The number of hydrogen-bond donors (Lipinski definition) is 1. The summed E-state index contributed by atoms with van der Waals surface area (Å²) >= 11 is 5.94. The van der Waals surface area contributed by atoms with Gasteiger partial charge in [0.2, 0.25) is 0 Å². The number of fused-ring (bicyclic) bond motifs is 2. The Kier molecular flexibility index (Phi) is 3.01. The van der Waals surface area contributed by atoms with E-state index in [2.05, 4.69) is 0 Å². The molecule has 2 N–H and O–H groups in total. The van der Waals surface area contributed by atoms with Crippen LogP contribution in [0.2, 0.25) is 5.02 Å². The summed E-state index contributed by atoms with van der Waals surface area (Å²) in [6.45, 7) is 0. The maximum absolute atomic E-state index is 12.7. The van der Waals surface area contributed by atoms with Gasteiger partial charge in [-0.05, 0) is 29.3 Å². The molecule has 0 unspecified atom stereocenters. The minimum atomic E-state index is -3.66. The molecule has 4 nitrogen and oxygen atoms in total. The van der Waals surface area contributed by atoms with Gasteiger partial charge in [-0.1, -0.05) is 35.9 Å². The van der Waals surface area contributed by atoms with E-state index in [-0.39, 0.29) is 4.90 Å². The van der Waals surface area contributed by atoms with Crippen molar-refractivity contribution in [2.24, 2.45) is 5.73 Å². The molecule has 0 radical (unpaired) electrons. The number of para-hydroxylation sites is 1. The molecule has 6 heteroatoms. The number of rotatable bonds is 0. The number of anilines is 1. The fourth-order valence-corrected chi connectivity index (χ4v) is 4.20. The lowest BCUT2D eigenvalue weighted by Gasteiger charge is -2.19. The van der Waals surface area contributed by atoms with Crippen LogP contribution in [0.5, 0.6) is 0 Å². The van der Waals surface area contributed by atoms with Crippen LogP contribution in [0.1, 0.15) is 17.2 Å². The summed E-state index contributed by atoms with van der Waals surface area (Å²) in [6.07, 6.45) is 0. The predicted molar refractivity (Wildman–Crippen MR) is 79.5 cm³/mol. The third-order valence-corrected chi connectivity index (χ3v) is 5.62. The van der Waals surface area contributed by atoms with Crippen LogP contribution < -0.4 is 10.0 Å². The van der Waals surface area contributed by atoms with Crippen LogP contribution in [0.3, 0.4) is 0 Å². The Morgan fingerprint density at radius 1 is 1.15 bits per heavy atom. The molecule has 1 aliphatic rings. The van der Waals surface area contributed by atoms with E-state index < -0.39 is 16.1 Å². The maximum Gasteiger partial charge on any atom is 0.264 e. The van der Waals surface area contributed by atoms with E-state index in [9.17, 15) is 8.42 Å². The zero-order chi connectivity index (χ0) is 14.5. The van der Waals surface area contributed by atoms with Crippen molar-refractivity contribution in [3.63, 3.8) is 0 Å². The molecule has 0 saturated carbocycles. The highest BCUT2D eigenvalue weighted by Crippen LogP contribution is 2.39. The van der Waals surface area contributed by atoms with E-state index in [0.29, 0.717) is 16.3 Å². The second kappa shape index (κ2) is 4.48. The Morgan fingerprint density at radius 2 is 1.85 bits per heavy atom. The van der Waals surface area contributed by atoms with Gasteiger partial charge in [0.1, 0.15) is 0 Å². The van der Waals surface area contributed by atoms with E-state index in [0.717, 1.165) is 5.56 Å². The molecular formula is C14H13ClN2O2S. The Hall–Kier alpha value is -1.56. The number of nitrogens with two attached hydrogens (primary N) is 1. The molecule has 3 rings (SSSR count). The van der Waals surface area contributed by atoms with Crippen LogP contribution >= 0.6 is 11.6 Å². The van der Waals surface area contributed by atoms with Crippen molar-refractivity contribution in [1.29, 1.82) is 0 Å². The average molecular weight is 309 g/mol. The van der Waals surface area contributed by atoms with Crippen LogP contribution in [0.4, 0.5) is 5.69 Å². The Morgan fingerprint density at radius 3 is 2.60 bits per heavy atom. The largest absolute Gasteiger partial charge is 0.320 e. The molecule has 0 aromatic heterocycles. The van der Waals surface area contributed by atoms with Crippen LogP contribution in [-0.2, 0) is 10.0 Å². The molecular weight excluding hydrogens is 296 g/mol. The van der Waals surface area contributed by atoms with Gasteiger partial charge in [-0.2, -0.15) is 0 Å². The van der Waals surface area contributed by atoms with Gasteiger partial charge in [-0.15, -0.1) is 0 Å². The number of hydrogen-bond acceptors (Lipinski definition) is 3. The first-order valence-electron chi connectivity index (χ1n) is 6.06. The highest BCUT2D eigenvalue weighted by atomic mass is 35.5. The van der Waals surface area contributed by atoms with Gasteiger partial charge in [0.15, 0.2) is 0 Å². The zero-order valence-corrected chi connectivity index (χ0v) is 12.3. The Balaban J connectivity index is 2.41. The van der Waals surface area contributed by atoms with Crippen LogP contribution in [0.25, 0.3) is 0 Å². The summed E-state index contributed by atoms with van der Waals surface area (Å²) in [4.78, 5) is 0.163. The third-order valence-electron chi connectivity index (χ3n) is 3.56. The quantitative estimate of drug-likeness (QED) is 0.813. The summed E-state index contributed by atoms with van der Waals surface area (Å²) in [7, 11) is -2.13. The first kappa shape index (κ1) is 13.4. The molecule has 104 valence electrons. The molecule has 0 amide bonds. The summed E-state index contributed by atoms with van der Waals surface area (Å²) in [5, 5.41) is 0.374. The number of sulfonamides is 1. The fourth-order valence-electron chi connectivity index (χ4n) is 2.47. The SMILES string of the molecule is CN1c2ccccc2[C@@H](N)c2ccc(Cl)cc2S1(=O)=O. The lowest BCUT2D eigenvalue weighted by atomic mass is 9.98. The fraction of sp³-hybridized carbons (Fsp3) is 0.143. The maximum atomic E-state index is 12.7. The van der Waals surface area contributed by atoms with E-state index >= 15 is 0 Å². The first-order valence-corrected chi connectivity index (χ1v) is 7.87. The number of halogens is 1. The number of nitrogens with zero attached hydrogens (tertiary/aromatic N) is 1. The summed E-state index contributed by atoms with van der Waals surface area (Å²) in [5.74, 6) is 0. The van der Waals surface area contributed by atoms with Crippen molar-refractivity contribution in [3.05, 3.63) is 58.6 Å². The van der Waals surface area contributed by atoms with Gasteiger partial charge in [0.25, 0.3) is 10.0 Å². The standard InChI is InChI=1S/C14H13ClN2O2S/c1-17-12-5-3-2-4-10(12)14(16)11-7-6-9(15)8-13(11)20(17,18)19/h2-8,14H,16H2,1H3/t14-/m1/s1. The van der Waals surface area contributed by atoms with Gasteiger partial charge in [0.05, 0.1) is 16.6 Å². The molecule has 0 bridgehead atoms. The van der Waals surface area contributed by atoms with Crippen LogP contribution in [-0.4, -0.2) is 15.5 Å². The molecule has 0 spiro atoms. The summed E-state index contributed by atoms with van der Waals surface area (Å²) < 4.78 is 26.6. The first-order chi connectivity index (χ1) is 9.43. The topological polar surface area (TPSA) is 63.4 Å². The summed E-state index contributed by atoms with van der Waals surface area (Å²) in [5.41, 5.74) is 8.19. The second-order valence-electron chi connectivity index (χ2n) is 4.69. The van der Waals surface area contributed by atoms with Gasteiger partial charge in [0, 0.05) is 12.1 Å². The van der Waals surface area contributed by atoms with E-state index in [4.69, 9.17) is 17.3 Å². The predicted octanol–water partition coefficient (Wildman–Crippen LogP) is 2.53. The van der Waals surface area contributed by atoms with Crippen LogP contribution in [0.15, 0.2) is 47.4 Å². The van der Waals surface area contributed by atoms with Crippen molar-refractivity contribution in [3.8, 4) is 0 Å². The smallest absolute Gasteiger partial charge is 0.264 e. The number of benzene rings is 2. The molecule has 2 aromatic rings. The molecule has 0 fully saturated rings. The Labute approximate surface area is 122 Å². The minimum Gasteiger partial charge on any atom is -0.320 e. The Bertz CT molecular complexity index is 790. The van der Waals surface area contributed by atoms with E-state index in [1.54, 1.807) is 24.3 Å². The van der Waals surface area contributed by atoms with E-state index in [1.165, 1.54) is 17.4 Å². The normalized spacial score (nSPS) is 19.9. The minimum absolute atomic E-state index is 0.163. The molecule has 1 aliphatic heterocycles. The van der Waals surface area contributed by atoms with Crippen LogP contribution in [0, 0.1) is 0 Å². The van der Waals surface area contributed by atoms with Gasteiger partial charge in [-0.25, -0.2) is 8.42 Å². The van der Waals surface area contributed by atoms with E-state index in [1.807, 2.05) is 12.1 Å². The molecule has 0 aliphatic carbocycles. The van der Waals surface area contributed by atoms with Gasteiger partial charge >= 0.3 is 0 Å². The highest BCUT2D eigenvalue weighted by molar-refractivity contribution is 7.92. The third kappa shape index (κ3) is 1.82. The molecule has 20 heavy (non-hydrogen) atoms. The van der Waals surface area contributed by atoms with Crippen molar-refractivity contribution < 1.29 is 8.42 Å². The lowest BCUT2D eigenvalue weighted by Crippen LogP contribution is -2.26. The van der Waals surface area contributed by atoms with Crippen molar-refractivity contribution in [2.45, 2.75) is 10.9 Å². The second-order valence-corrected chi connectivity index (χ2v) is 7.07. The molecule has 0 saturated heterocycles. The van der Waals surface area contributed by atoms with Crippen molar-refractivity contribution in [2.75, 3.05) is 11.4 Å². The van der Waals surface area contributed by atoms with Gasteiger partial charge in [-0.3, -0.25) is 4.31 Å².